The Kier molecular flexibility index (Phi) is 4.74. The zero-order valence-electron chi connectivity index (χ0n) is 11.6. The lowest BCUT2D eigenvalue weighted by atomic mass is 10.1. The summed E-state index contributed by atoms with van der Waals surface area (Å²) in [5, 5.41) is 0.434. The lowest BCUT2D eigenvalue weighted by Crippen LogP contribution is -2.36. The van der Waals surface area contributed by atoms with Gasteiger partial charge in [-0.3, -0.25) is 9.78 Å². The second kappa shape index (κ2) is 6.53. The van der Waals surface area contributed by atoms with Crippen LogP contribution in [-0.4, -0.2) is 21.8 Å². The molecule has 0 atom stereocenters. The third kappa shape index (κ3) is 3.36. The van der Waals surface area contributed by atoms with Gasteiger partial charge in [0.05, 0.1) is 10.6 Å². The maximum atomic E-state index is 12.6. The van der Waals surface area contributed by atoms with Crippen LogP contribution in [0.25, 0.3) is 0 Å². The fourth-order valence-electron chi connectivity index (χ4n) is 1.96. The van der Waals surface area contributed by atoms with Crippen LogP contribution in [0.5, 0.6) is 0 Å². The molecular weight excluding hydrogens is 272 g/mol. The van der Waals surface area contributed by atoms with Crippen LogP contribution in [-0.2, 0) is 6.54 Å². The normalized spacial score (nSPS) is 10.6. The first-order chi connectivity index (χ1) is 9.59. The Morgan fingerprint density at radius 2 is 1.95 bits per heavy atom. The molecule has 0 unspecified atom stereocenters. The van der Waals surface area contributed by atoms with E-state index in [4.69, 9.17) is 11.6 Å². The monoisotopic (exact) mass is 288 g/mol. The Hall–Kier alpha value is -1.87. The summed E-state index contributed by atoms with van der Waals surface area (Å²) in [4.78, 5) is 18.4. The predicted molar refractivity (Wildman–Crippen MR) is 80.7 cm³/mol. The van der Waals surface area contributed by atoms with Crippen molar-refractivity contribution in [1.82, 2.24) is 9.88 Å². The van der Waals surface area contributed by atoms with Gasteiger partial charge in [0, 0.05) is 25.0 Å². The fraction of sp³-hybridized carbons (Fsp3) is 0.250. The largest absolute Gasteiger partial charge is 0.332 e. The van der Waals surface area contributed by atoms with Crippen LogP contribution in [0, 0.1) is 0 Å². The Bertz CT molecular complexity index is 584. The Morgan fingerprint density at radius 1 is 1.25 bits per heavy atom. The van der Waals surface area contributed by atoms with Gasteiger partial charge in [0.1, 0.15) is 0 Å². The number of amides is 1. The summed E-state index contributed by atoms with van der Waals surface area (Å²) in [5.41, 5.74) is 1.54. The predicted octanol–water partition coefficient (Wildman–Crippen LogP) is 3.79. The first-order valence-corrected chi connectivity index (χ1v) is 6.92. The lowest BCUT2D eigenvalue weighted by molar-refractivity contribution is 0.0690. The molecule has 0 bridgehead atoms. The van der Waals surface area contributed by atoms with Crippen LogP contribution in [0.15, 0.2) is 48.8 Å². The molecule has 0 fully saturated rings. The highest BCUT2D eigenvalue weighted by molar-refractivity contribution is 6.33. The summed E-state index contributed by atoms with van der Waals surface area (Å²) in [6, 6.07) is 11.6. The van der Waals surface area contributed by atoms with Gasteiger partial charge in [-0.1, -0.05) is 41.9 Å². The van der Waals surface area contributed by atoms with Crippen molar-refractivity contribution in [3.8, 4) is 0 Å². The number of carbonyl (C=O) groups is 1. The topological polar surface area (TPSA) is 33.2 Å². The maximum Gasteiger partial charge on any atom is 0.257 e. The molecule has 0 N–H and O–H groups in total. The van der Waals surface area contributed by atoms with Crippen LogP contribution in [0.2, 0.25) is 5.02 Å². The van der Waals surface area contributed by atoms with Crippen LogP contribution < -0.4 is 0 Å². The zero-order chi connectivity index (χ0) is 14.5. The first-order valence-electron chi connectivity index (χ1n) is 6.54. The van der Waals surface area contributed by atoms with E-state index < -0.39 is 0 Å². The van der Waals surface area contributed by atoms with E-state index in [9.17, 15) is 4.79 Å². The number of rotatable bonds is 4. The Morgan fingerprint density at radius 3 is 2.55 bits per heavy atom. The minimum absolute atomic E-state index is 0.0824. The summed E-state index contributed by atoms with van der Waals surface area (Å²) in [5.74, 6) is -0.0954. The molecule has 0 aliphatic rings. The van der Waals surface area contributed by atoms with Crippen molar-refractivity contribution in [2.24, 2.45) is 0 Å². The molecule has 1 aromatic carbocycles. The highest BCUT2D eigenvalue weighted by atomic mass is 35.5. The number of carbonyl (C=O) groups excluding carboxylic acids is 1. The minimum atomic E-state index is -0.0954. The summed E-state index contributed by atoms with van der Waals surface area (Å²) < 4.78 is 0. The number of aromatic nitrogens is 1. The molecule has 0 aliphatic carbocycles. The van der Waals surface area contributed by atoms with Gasteiger partial charge in [-0.25, -0.2) is 0 Å². The maximum absolute atomic E-state index is 12.6. The number of hydrogen-bond acceptors (Lipinski definition) is 2. The molecule has 0 aliphatic heterocycles. The Balaban J connectivity index is 2.25. The molecule has 3 nitrogen and oxygen atoms in total. The number of benzene rings is 1. The molecule has 104 valence electrons. The van der Waals surface area contributed by atoms with Crippen molar-refractivity contribution < 1.29 is 4.79 Å². The van der Waals surface area contributed by atoms with Crippen molar-refractivity contribution >= 4 is 17.5 Å². The van der Waals surface area contributed by atoms with Gasteiger partial charge < -0.3 is 4.90 Å². The van der Waals surface area contributed by atoms with Gasteiger partial charge >= 0.3 is 0 Å². The standard InChI is InChI=1S/C16H17ClN2O/c1-12(2)19(11-13-6-4-3-5-7-13)16(20)14-10-18-9-8-15(14)17/h3-10,12H,11H2,1-2H3. The van der Waals surface area contributed by atoms with E-state index >= 15 is 0 Å². The molecule has 1 aromatic heterocycles. The van der Waals surface area contributed by atoms with Gasteiger partial charge in [-0.15, -0.1) is 0 Å². The molecule has 2 rings (SSSR count). The minimum Gasteiger partial charge on any atom is -0.332 e. The molecule has 1 amide bonds. The Labute approximate surface area is 124 Å². The van der Waals surface area contributed by atoms with Crippen molar-refractivity contribution in [2.45, 2.75) is 26.4 Å². The van der Waals surface area contributed by atoms with Gasteiger partial charge in [0.25, 0.3) is 5.91 Å². The molecule has 4 heteroatoms. The molecular formula is C16H17ClN2O. The summed E-state index contributed by atoms with van der Waals surface area (Å²) in [7, 11) is 0. The van der Waals surface area contributed by atoms with E-state index in [1.165, 1.54) is 6.20 Å². The van der Waals surface area contributed by atoms with E-state index in [0.29, 0.717) is 17.1 Å². The van der Waals surface area contributed by atoms with Crippen molar-refractivity contribution in [2.75, 3.05) is 0 Å². The van der Waals surface area contributed by atoms with E-state index in [-0.39, 0.29) is 11.9 Å². The highest BCUT2D eigenvalue weighted by Crippen LogP contribution is 2.19. The first kappa shape index (κ1) is 14.5. The molecule has 1 heterocycles. The van der Waals surface area contributed by atoms with Gasteiger partial charge in [-0.2, -0.15) is 0 Å². The zero-order valence-corrected chi connectivity index (χ0v) is 12.3. The average molecular weight is 289 g/mol. The number of halogens is 1. The summed E-state index contributed by atoms with van der Waals surface area (Å²) >= 11 is 6.08. The molecule has 0 radical (unpaired) electrons. The van der Waals surface area contributed by atoms with Gasteiger partial charge in [-0.05, 0) is 25.5 Å². The SMILES string of the molecule is CC(C)N(Cc1ccccc1)C(=O)c1cnccc1Cl. The smallest absolute Gasteiger partial charge is 0.257 e. The molecule has 0 spiro atoms. The van der Waals surface area contributed by atoms with Crippen molar-refractivity contribution in [3.05, 3.63) is 64.9 Å². The average Bonchev–Trinajstić information content (AvgIpc) is 2.45. The van der Waals surface area contributed by atoms with Crippen LogP contribution in [0.4, 0.5) is 0 Å². The molecule has 2 aromatic rings. The number of hydrogen-bond donors (Lipinski definition) is 0. The van der Waals surface area contributed by atoms with E-state index in [1.54, 1.807) is 17.2 Å². The van der Waals surface area contributed by atoms with E-state index in [1.807, 2.05) is 44.2 Å². The fourth-order valence-corrected chi connectivity index (χ4v) is 2.14. The number of nitrogens with zero attached hydrogens (tertiary/aromatic N) is 2. The van der Waals surface area contributed by atoms with Crippen molar-refractivity contribution in [1.29, 1.82) is 0 Å². The van der Waals surface area contributed by atoms with Crippen LogP contribution in [0.3, 0.4) is 0 Å². The summed E-state index contributed by atoms with van der Waals surface area (Å²) in [6.07, 6.45) is 3.10. The van der Waals surface area contributed by atoms with Crippen LogP contribution in [0.1, 0.15) is 29.8 Å². The van der Waals surface area contributed by atoms with E-state index in [2.05, 4.69) is 4.98 Å². The molecule has 20 heavy (non-hydrogen) atoms. The molecule has 0 saturated carbocycles. The molecule has 0 saturated heterocycles. The quantitative estimate of drug-likeness (QED) is 0.858. The number of pyridine rings is 1. The highest BCUT2D eigenvalue weighted by Gasteiger charge is 2.21. The third-order valence-corrected chi connectivity index (χ3v) is 3.41. The van der Waals surface area contributed by atoms with E-state index in [0.717, 1.165) is 5.56 Å². The third-order valence-electron chi connectivity index (χ3n) is 3.08. The second-order valence-corrected chi connectivity index (χ2v) is 5.28. The van der Waals surface area contributed by atoms with Crippen molar-refractivity contribution in [3.63, 3.8) is 0 Å². The second-order valence-electron chi connectivity index (χ2n) is 4.87. The summed E-state index contributed by atoms with van der Waals surface area (Å²) in [6.45, 7) is 4.54. The van der Waals surface area contributed by atoms with Gasteiger partial charge in [0.2, 0.25) is 0 Å². The van der Waals surface area contributed by atoms with Gasteiger partial charge in [0.15, 0.2) is 0 Å². The van der Waals surface area contributed by atoms with Crippen LogP contribution >= 0.6 is 11.6 Å². The lowest BCUT2D eigenvalue weighted by Gasteiger charge is -2.27.